The van der Waals surface area contributed by atoms with Crippen molar-refractivity contribution in [2.24, 2.45) is 0 Å². The summed E-state index contributed by atoms with van der Waals surface area (Å²) in [5.74, 6) is -0.134. The predicted octanol–water partition coefficient (Wildman–Crippen LogP) is 5.18. The average Bonchev–Trinajstić information content (AvgIpc) is 2.81. The van der Waals surface area contributed by atoms with E-state index in [4.69, 9.17) is 16.3 Å². The van der Waals surface area contributed by atoms with Crippen molar-refractivity contribution < 1.29 is 14.3 Å². The van der Waals surface area contributed by atoms with E-state index in [1.807, 2.05) is 61.5 Å². The van der Waals surface area contributed by atoms with E-state index in [2.05, 4.69) is 21.2 Å². The van der Waals surface area contributed by atoms with Gasteiger partial charge >= 0.3 is 0 Å². The first-order valence-electron chi connectivity index (χ1n) is 10.6. The van der Waals surface area contributed by atoms with Crippen molar-refractivity contribution in [3.8, 4) is 5.75 Å². The van der Waals surface area contributed by atoms with E-state index in [1.54, 1.807) is 30.1 Å². The quantitative estimate of drug-likeness (QED) is 0.416. The van der Waals surface area contributed by atoms with Crippen molar-refractivity contribution in [1.82, 2.24) is 10.2 Å². The van der Waals surface area contributed by atoms with Gasteiger partial charge in [-0.1, -0.05) is 87.7 Å². The number of hydrogen-bond acceptors (Lipinski definition) is 3. The minimum Gasteiger partial charge on any atom is -0.482 e. The van der Waals surface area contributed by atoms with Gasteiger partial charge in [-0.15, -0.1) is 0 Å². The van der Waals surface area contributed by atoms with Crippen LogP contribution in [0, 0.1) is 6.92 Å². The molecule has 0 aromatic heterocycles. The minimum absolute atomic E-state index is 0.235. The lowest BCUT2D eigenvalue weighted by Gasteiger charge is -2.31. The Kier molecular flexibility index (Phi) is 8.92. The molecule has 3 rings (SSSR count). The molecule has 1 atom stereocenters. The Hall–Kier alpha value is -2.83. The van der Waals surface area contributed by atoms with Crippen LogP contribution in [-0.2, 0) is 22.6 Å². The van der Waals surface area contributed by atoms with Gasteiger partial charge in [0, 0.05) is 24.5 Å². The summed E-state index contributed by atoms with van der Waals surface area (Å²) >= 11 is 9.60. The van der Waals surface area contributed by atoms with Crippen LogP contribution in [0.2, 0.25) is 5.02 Å². The number of nitrogens with zero attached hydrogens (tertiary/aromatic N) is 1. The number of amides is 2. The highest BCUT2D eigenvalue weighted by Crippen LogP contribution is 2.28. The molecule has 0 aliphatic heterocycles. The number of carbonyl (C=O) groups is 2. The Labute approximate surface area is 207 Å². The zero-order valence-corrected chi connectivity index (χ0v) is 20.9. The molecule has 0 fully saturated rings. The molecule has 33 heavy (non-hydrogen) atoms. The summed E-state index contributed by atoms with van der Waals surface area (Å²) in [6, 6.07) is 22.0. The Morgan fingerprint density at radius 3 is 2.42 bits per heavy atom. The van der Waals surface area contributed by atoms with E-state index < -0.39 is 6.04 Å². The molecule has 3 aromatic rings. The summed E-state index contributed by atoms with van der Waals surface area (Å²) in [5, 5.41) is 3.10. The molecule has 2 amide bonds. The molecule has 0 unspecified atom stereocenters. The lowest BCUT2D eigenvalue weighted by Crippen LogP contribution is -2.51. The average molecular weight is 530 g/mol. The van der Waals surface area contributed by atoms with E-state index in [1.165, 1.54) is 0 Å². The molecule has 1 N–H and O–H groups in total. The highest BCUT2D eigenvalue weighted by atomic mass is 79.9. The highest BCUT2D eigenvalue weighted by molar-refractivity contribution is 9.10. The van der Waals surface area contributed by atoms with Crippen molar-refractivity contribution in [3.05, 3.63) is 99.0 Å². The largest absolute Gasteiger partial charge is 0.482 e. The number of ether oxygens (including phenoxy) is 1. The first kappa shape index (κ1) is 24.8. The van der Waals surface area contributed by atoms with Gasteiger partial charge in [-0.3, -0.25) is 9.59 Å². The molecule has 3 aromatic carbocycles. The van der Waals surface area contributed by atoms with Crippen LogP contribution < -0.4 is 10.1 Å². The molecule has 172 valence electrons. The van der Waals surface area contributed by atoms with Crippen LogP contribution in [0.5, 0.6) is 5.75 Å². The number of halogens is 2. The SMILES string of the molecule is CNC(=O)[C@@H](Cc1ccccc1)N(Cc1cccc(C)c1)C(=O)COc1ccc(Br)cc1Cl. The second kappa shape index (κ2) is 11.9. The number of carbonyl (C=O) groups excluding carboxylic acids is 2. The molecule has 7 heteroatoms. The first-order chi connectivity index (χ1) is 15.9. The Morgan fingerprint density at radius 2 is 1.76 bits per heavy atom. The Bertz CT molecular complexity index is 1110. The smallest absolute Gasteiger partial charge is 0.261 e. The molecule has 0 heterocycles. The number of likely N-dealkylation sites (N-methyl/N-ethyl adjacent to an activating group) is 1. The second-order valence-electron chi connectivity index (χ2n) is 7.69. The van der Waals surface area contributed by atoms with Gasteiger partial charge in [0.2, 0.25) is 5.91 Å². The second-order valence-corrected chi connectivity index (χ2v) is 9.02. The molecular weight excluding hydrogens is 504 g/mol. The normalized spacial score (nSPS) is 11.5. The van der Waals surface area contributed by atoms with Crippen molar-refractivity contribution in [3.63, 3.8) is 0 Å². The Morgan fingerprint density at radius 1 is 1.03 bits per heavy atom. The predicted molar refractivity (Wildman–Crippen MR) is 134 cm³/mol. The minimum atomic E-state index is -0.700. The summed E-state index contributed by atoms with van der Waals surface area (Å²) in [6.45, 7) is 2.03. The third kappa shape index (κ3) is 7.07. The number of benzene rings is 3. The summed E-state index contributed by atoms with van der Waals surface area (Å²) < 4.78 is 6.55. The van der Waals surface area contributed by atoms with Crippen LogP contribution in [-0.4, -0.2) is 36.4 Å². The Balaban J connectivity index is 1.88. The topological polar surface area (TPSA) is 58.6 Å². The van der Waals surface area contributed by atoms with E-state index in [0.29, 0.717) is 17.2 Å². The summed E-state index contributed by atoms with van der Waals surface area (Å²) in [7, 11) is 1.58. The number of rotatable bonds is 9. The van der Waals surface area contributed by atoms with Gasteiger partial charge in [-0.2, -0.15) is 0 Å². The third-order valence-corrected chi connectivity index (χ3v) is 5.99. The van der Waals surface area contributed by atoms with E-state index in [9.17, 15) is 9.59 Å². The van der Waals surface area contributed by atoms with Crippen molar-refractivity contribution in [2.45, 2.75) is 25.9 Å². The molecule has 0 aliphatic rings. The summed E-state index contributed by atoms with van der Waals surface area (Å²) in [6.07, 6.45) is 0.386. The van der Waals surface area contributed by atoms with E-state index in [-0.39, 0.29) is 25.0 Å². The first-order valence-corrected chi connectivity index (χ1v) is 11.7. The standard InChI is InChI=1S/C26H26BrClN2O3/c1-18-7-6-10-20(13-18)16-30(23(26(32)29-2)14-19-8-4-3-5-9-19)25(31)17-33-24-12-11-21(27)15-22(24)28/h3-13,15,23H,14,16-17H2,1-2H3,(H,29,32)/t23-/m1/s1. The third-order valence-electron chi connectivity index (χ3n) is 5.20. The van der Waals surface area contributed by atoms with Gasteiger partial charge in [0.1, 0.15) is 11.8 Å². The van der Waals surface area contributed by atoms with Gasteiger partial charge in [0.05, 0.1) is 5.02 Å². The van der Waals surface area contributed by atoms with Crippen molar-refractivity contribution in [1.29, 1.82) is 0 Å². The highest BCUT2D eigenvalue weighted by Gasteiger charge is 2.30. The maximum atomic E-state index is 13.4. The molecular formula is C26H26BrClN2O3. The fraction of sp³-hybridized carbons (Fsp3) is 0.231. The molecule has 0 saturated heterocycles. The van der Waals surface area contributed by atoms with E-state index in [0.717, 1.165) is 21.2 Å². The number of nitrogens with one attached hydrogen (secondary N) is 1. The van der Waals surface area contributed by atoms with Gasteiger partial charge in [0.25, 0.3) is 5.91 Å². The molecule has 0 bridgehead atoms. The zero-order valence-electron chi connectivity index (χ0n) is 18.6. The van der Waals surface area contributed by atoms with Crippen LogP contribution in [0.1, 0.15) is 16.7 Å². The number of hydrogen-bond donors (Lipinski definition) is 1. The summed E-state index contributed by atoms with van der Waals surface area (Å²) in [4.78, 5) is 27.9. The van der Waals surface area contributed by atoms with Gasteiger partial charge in [0.15, 0.2) is 6.61 Å². The summed E-state index contributed by atoms with van der Waals surface area (Å²) in [5.41, 5.74) is 2.98. The van der Waals surface area contributed by atoms with Crippen molar-refractivity contribution in [2.75, 3.05) is 13.7 Å². The maximum absolute atomic E-state index is 13.4. The molecule has 0 aliphatic carbocycles. The van der Waals surface area contributed by atoms with Gasteiger partial charge in [-0.25, -0.2) is 0 Å². The lowest BCUT2D eigenvalue weighted by molar-refractivity contribution is -0.142. The number of aryl methyl sites for hydroxylation is 1. The molecule has 0 saturated carbocycles. The fourth-order valence-electron chi connectivity index (χ4n) is 3.54. The van der Waals surface area contributed by atoms with Crippen LogP contribution in [0.3, 0.4) is 0 Å². The van der Waals surface area contributed by atoms with Crippen molar-refractivity contribution >= 4 is 39.3 Å². The maximum Gasteiger partial charge on any atom is 0.261 e. The van der Waals surface area contributed by atoms with Gasteiger partial charge in [-0.05, 0) is 36.2 Å². The van der Waals surface area contributed by atoms with Crippen LogP contribution >= 0.6 is 27.5 Å². The molecule has 0 radical (unpaired) electrons. The van der Waals surface area contributed by atoms with Crippen LogP contribution in [0.4, 0.5) is 0 Å². The van der Waals surface area contributed by atoms with Crippen LogP contribution in [0.25, 0.3) is 0 Å². The molecule has 5 nitrogen and oxygen atoms in total. The van der Waals surface area contributed by atoms with Gasteiger partial charge < -0.3 is 15.0 Å². The monoisotopic (exact) mass is 528 g/mol. The zero-order chi connectivity index (χ0) is 23.8. The van der Waals surface area contributed by atoms with E-state index >= 15 is 0 Å². The molecule has 0 spiro atoms. The lowest BCUT2D eigenvalue weighted by atomic mass is 10.0. The van der Waals surface area contributed by atoms with Crippen LogP contribution in [0.15, 0.2) is 77.3 Å². The fourth-order valence-corrected chi connectivity index (χ4v) is 4.27.